The minimum Gasteiger partial charge on any atom is -0.480 e. The molecule has 0 aromatic rings. The topological polar surface area (TPSA) is 49.8 Å². The molecule has 1 N–H and O–H groups in total. The Labute approximate surface area is 66.8 Å². The minimum atomic E-state index is -0.799. The van der Waals surface area contributed by atoms with Gasteiger partial charge in [-0.05, 0) is 20.5 Å². The number of nitrogens with zero attached hydrogens (tertiary/aromatic N) is 1. The van der Waals surface area contributed by atoms with E-state index in [-0.39, 0.29) is 0 Å². The number of hydrogen-bond acceptors (Lipinski definition) is 3. The van der Waals surface area contributed by atoms with Crippen LogP contribution in [0.4, 0.5) is 0 Å². The second kappa shape index (κ2) is 5.09. The lowest BCUT2D eigenvalue weighted by Crippen LogP contribution is -2.36. The van der Waals surface area contributed by atoms with Gasteiger partial charge in [-0.2, -0.15) is 0 Å². The lowest BCUT2D eigenvalue weighted by molar-refractivity contribution is -0.142. The second-order valence-electron chi connectivity index (χ2n) is 2.60. The Kier molecular flexibility index (Phi) is 4.81. The van der Waals surface area contributed by atoms with Crippen molar-refractivity contribution >= 4 is 5.97 Å². The molecule has 0 amide bonds. The zero-order chi connectivity index (χ0) is 8.85. The summed E-state index contributed by atoms with van der Waals surface area (Å²) in [6.45, 7) is 0.481. The van der Waals surface area contributed by atoms with E-state index in [9.17, 15) is 4.79 Å². The van der Waals surface area contributed by atoms with Gasteiger partial charge in [-0.25, -0.2) is 0 Å². The molecule has 4 nitrogen and oxygen atoms in total. The summed E-state index contributed by atoms with van der Waals surface area (Å²) in [5.74, 6) is -0.799. The van der Waals surface area contributed by atoms with Crippen LogP contribution in [-0.2, 0) is 9.53 Å². The average Bonchev–Trinajstić information content (AvgIpc) is 1.87. The van der Waals surface area contributed by atoms with Gasteiger partial charge in [-0.15, -0.1) is 0 Å². The summed E-state index contributed by atoms with van der Waals surface area (Å²) < 4.78 is 4.78. The lowest BCUT2D eigenvalue weighted by Gasteiger charge is -2.18. The van der Waals surface area contributed by atoms with E-state index in [1.807, 2.05) is 0 Å². The SMILES string of the molecule is COCC[C@@H](C(=O)O)N(C)C. The molecule has 0 fully saturated rings. The van der Waals surface area contributed by atoms with Crippen LogP contribution in [0.5, 0.6) is 0 Å². The number of carbonyl (C=O) groups is 1. The molecule has 0 aliphatic rings. The molecule has 11 heavy (non-hydrogen) atoms. The first kappa shape index (κ1) is 10.4. The summed E-state index contributed by atoms with van der Waals surface area (Å²) in [4.78, 5) is 12.2. The third-order valence-corrected chi connectivity index (χ3v) is 1.50. The minimum absolute atomic E-state index is 0.435. The highest BCUT2D eigenvalue weighted by Crippen LogP contribution is 1.99. The predicted octanol–water partition coefficient (Wildman–Crippen LogP) is 0.0377. The smallest absolute Gasteiger partial charge is 0.320 e. The Morgan fingerprint density at radius 2 is 2.18 bits per heavy atom. The number of ether oxygens (including phenoxy) is 1. The highest BCUT2D eigenvalue weighted by Gasteiger charge is 2.18. The van der Waals surface area contributed by atoms with Crippen LogP contribution in [0.3, 0.4) is 0 Å². The van der Waals surface area contributed by atoms with Crippen molar-refractivity contribution in [3.8, 4) is 0 Å². The normalized spacial score (nSPS) is 13.5. The van der Waals surface area contributed by atoms with Crippen molar-refractivity contribution < 1.29 is 14.6 Å². The van der Waals surface area contributed by atoms with Gasteiger partial charge in [0.1, 0.15) is 6.04 Å². The quantitative estimate of drug-likeness (QED) is 0.618. The first-order valence-electron chi connectivity index (χ1n) is 3.47. The molecule has 0 aromatic carbocycles. The van der Waals surface area contributed by atoms with Crippen molar-refractivity contribution in [2.45, 2.75) is 12.5 Å². The number of aliphatic carboxylic acids is 1. The highest BCUT2D eigenvalue weighted by molar-refractivity contribution is 5.73. The summed E-state index contributed by atoms with van der Waals surface area (Å²) in [6, 6.07) is -0.435. The van der Waals surface area contributed by atoms with Crippen LogP contribution in [0.25, 0.3) is 0 Å². The fraction of sp³-hybridized carbons (Fsp3) is 0.857. The number of methoxy groups -OCH3 is 1. The second-order valence-corrected chi connectivity index (χ2v) is 2.60. The van der Waals surface area contributed by atoms with Crippen LogP contribution in [-0.4, -0.2) is 49.8 Å². The Morgan fingerprint density at radius 3 is 2.45 bits per heavy atom. The van der Waals surface area contributed by atoms with Crippen LogP contribution >= 0.6 is 0 Å². The number of likely N-dealkylation sites (N-methyl/N-ethyl adjacent to an activating group) is 1. The van der Waals surface area contributed by atoms with E-state index in [2.05, 4.69) is 0 Å². The van der Waals surface area contributed by atoms with Crippen molar-refractivity contribution in [1.82, 2.24) is 4.90 Å². The summed E-state index contributed by atoms with van der Waals surface area (Å²) in [5.41, 5.74) is 0. The van der Waals surface area contributed by atoms with Gasteiger partial charge in [0, 0.05) is 13.7 Å². The van der Waals surface area contributed by atoms with E-state index >= 15 is 0 Å². The molecule has 0 aromatic heterocycles. The van der Waals surface area contributed by atoms with Gasteiger partial charge >= 0.3 is 5.97 Å². The molecule has 0 saturated heterocycles. The van der Waals surface area contributed by atoms with Gasteiger partial charge in [-0.1, -0.05) is 0 Å². The van der Waals surface area contributed by atoms with Gasteiger partial charge in [0.05, 0.1) is 0 Å². The molecule has 1 atom stereocenters. The van der Waals surface area contributed by atoms with Gasteiger partial charge in [0.15, 0.2) is 0 Å². The summed E-state index contributed by atoms with van der Waals surface area (Å²) >= 11 is 0. The van der Waals surface area contributed by atoms with E-state index in [1.165, 1.54) is 0 Å². The maximum Gasteiger partial charge on any atom is 0.320 e. The Bertz CT molecular complexity index is 125. The van der Waals surface area contributed by atoms with Crippen LogP contribution in [0.2, 0.25) is 0 Å². The fourth-order valence-corrected chi connectivity index (χ4v) is 0.832. The Balaban J connectivity index is 3.80. The van der Waals surface area contributed by atoms with Crippen LogP contribution < -0.4 is 0 Å². The molecule has 0 unspecified atom stereocenters. The molecule has 0 heterocycles. The van der Waals surface area contributed by atoms with Crippen molar-refractivity contribution in [2.75, 3.05) is 27.8 Å². The van der Waals surface area contributed by atoms with Crippen LogP contribution in [0, 0.1) is 0 Å². The van der Waals surface area contributed by atoms with Crippen molar-refractivity contribution in [2.24, 2.45) is 0 Å². The summed E-state index contributed by atoms with van der Waals surface area (Å²) in [7, 11) is 5.05. The van der Waals surface area contributed by atoms with Gasteiger partial charge < -0.3 is 9.84 Å². The van der Waals surface area contributed by atoms with Crippen LogP contribution in [0.15, 0.2) is 0 Å². The number of hydrogen-bond donors (Lipinski definition) is 1. The average molecular weight is 161 g/mol. The molecular weight excluding hydrogens is 146 g/mol. The maximum absolute atomic E-state index is 10.5. The number of carboxylic acids is 1. The summed E-state index contributed by atoms with van der Waals surface area (Å²) in [6.07, 6.45) is 0.527. The van der Waals surface area contributed by atoms with Gasteiger partial charge in [0.25, 0.3) is 0 Å². The Hall–Kier alpha value is -0.610. The molecular formula is C7H15NO3. The van der Waals surface area contributed by atoms with Crippen molar-refractivity contribution in [1.29, 1.82) is 0 Å². The molecule has 0 aliphatic carbocycles. The van der Waals surface area contributed by atoms with E-state index in [1.54, 1.807) is 26.1 Å². The van der Waals surface area contributed by atoms with Crippen molar-refractivity contribution in [3.05, 3.63) is 0 Å². The standard InChI is InChI=1S/C7H15NO3/c1-8(2)6(7(9)10)4-5-11-3/h6H,4-5H2,1-3H3,(H,9,10)/t6-/m0/s1. The molecule has 0 spiro atoms. The number of rotatable bonds is 5. The first-order valence-corrected chi connectivity index (χ1v) is 3.47. The molecule has 0 aliphatic heterocycles. The molecule has 4 heteroatoms. The zero-order valence-corrected chi connectivity index (χ0v) is 7.20. The highest BCUT2D eigenvalue weighted by atomic mass is 16.5. The summed E-state index contributed by atoms with van der Waals surface area (Å²) in [5, 5.41) is 8.67. The predicted molar refractivity (Wildman–Crippen MR) is 41.6 cm³/mol. The van der Waals surface area contributed by atoms with E-state index in [0.717, 1.165) is 0 Å². The van der Waals surface area contributed by atoms with Gasteiger partial charge in [0.2, 0.25) is 0 Å². The van der Waals surface area contributed by atoms with E-state index < -0.39 is 12.0 Å². The fourth-order valence-electron chi connectivity index (χ4n) is 0.832. The van der Waals surface area contributed by atoms with E-state index in [0.29, 0.717) is 13.0 Å². The molecule has 0 saturated carbocycles. The zero-order valence-electron chi connectivity index (χ0n) is 7.20. The number of carboxylic acid groups (broad SMARTS) is 1. The molecule has 0 radical (unpaired) electrons. The molecule has 0 bridgehead atoms. The molecule has 0 rings (SSSR count). The third kappa shape index (κ3) is 3.95. The monoisotopic (exact) mass is 161 g/mol. The van der Waals surface area contributed by atoms with Gasteiger partial charge in [-0.3, -0.25) is 9.69 Å². The largest absolute Gasteiger partial charge is 0.480 e. The third-order valence-electron chi connectivity index (χ3n) is 1.50. The Morgan fingerprint density at radius 1 is 1.64 bits per heavy atom. The van der Waals surface area contributed by atoms with Crippen LogP contribution in [0.1, 0.15) is 6.42 Å². The first-order chi connectivity index (χ1) is 5.09. The molecule has 66 valence electrons. The van der Waals surface area contributed by atoms with Crippen molar-refractivity contribution in [3.63, 3.8) is 0 Å². The maximum atomic E-state index is 10.5. The lowest BCUT2D eigenvalue weighted by atomic mass is 10.2. The van der Waals surface area contributed by atoms with E-state index in [4.69, 9.17) is 9.84 Å².